The Morgan fingerprint density at radius 2 is 2.16 bits per heavy atom. The number of likely N-dealkylation sites (N-methyl/N-ethyl adjacent to an activating group) is 1. The number of thioether (sulfide) groups is 1. The molecule has 2 atom stereocenters. The maximum Gasteiger partial charge on any atom is 0.308 e. The Balaban J connectivity index is 1.89. The molecular formula is C17H19N3O4S. The predicted octanol–water partition coefficient (Wildman–Crippen LogP) is 1.79. The second-order valence-electron chi connectivity index (χ2n) is 5.60. The first-order chi connectivity index (χ1) is 11.9. The number of rotatable bonds is 6. The Morgan fingerprint density at radius 1 is 1.44 bits per heavy atom. The molecule has 2 rings (SSSR count). The predicted molar refractivity (Wildman–Crippen MR) is 92.8 cm³/mol. The monoisotopic (exact) mass is 361 g/mol. The van der Waals surface area contributed by atoms with Crippen LogP contribution in [0.5, 0.6) is 0 Å². The molecule has 8 heteroatoms. The van der Waals surface area contributed by atoms with Gasteiger partial charge in [-0.05, 0) is 19.1 Å². The standard InChI is InChI=1S/C17H19N3O4S/c1-11(17(23)20(2)9-5-8-18)24-15(21)10-14-16(22)19-12-6-3-4-7-13(12)25-14/h3-4,6-7,11,14H,5,9-10H2,1-2H3,(H,19,22)/t11-,14-/m0/s1. The van der Waals surface area contributed by atoms with Crippen LogP contribution < -0.4 is 5.32 Å². The molecule has 1 N–H and O–H groups in total. The smallest absolute Gasteiger partial charge is 0.308 e. The zero-order chi connectivity index (χ0) is 18.4. The van der Waals surface area contributed by atoms with Gasteiger partial charge in [0, 0.05) is 18.5 Å². The first-order valence-corrected chi connectivity index (χ1v) is 8.68. The molecule has 0 unspecified atom stereocenters. The van der Waals surface area contributed by atoms with Crippen LogP contribution in [0.15, 0.2) is 29.2 Å². The van der Waals surface area contributed by atoms with E-state index in [9.17, 15) is 14.4 Å². The summed E-state index contributed by atoms with van der Waals surface area (Å²) in [5, 5.41) is 10.7. The van der Waals surface area contributed by atoms with Crippen molar-refractivity contribution < 1.29 is 19.1 Å². The third-order valence-corrected chi connectivity index (χ3v) is 4.93. The fraction of sp³-hybridized carbons (Fsp3) is 0.412. The summed E-state index contributed by atoms with van der Waals surface area (Å²) in [4.78, 5) is 38.5. The molecule has 1 aliphatic heterocycles. The Bertz CT molecular complexity index is 716. The summed E-state index contributed by atoms with van der Waals surface area (Å²) in [6.45, 7) is 1.75. The van der Waals surface area contributed by atoms with Crippen molar-refractivity contribution in [2.45, 2.75) is 36.0 Å². The van der Waals surface area contributed by atoms with E-state index in [-0.39, 0.29) is 31.2 Å². The number of nitrogens with zero attached hydrogens (tertiary/aromatic N) is 2. The van der Waals surface area contributed by atoms with E-state index in [1.54, 1.807) is 13.1 Å². The largest absolute Gasteiger partial charge is 0.452 e. The van der Waals surface area contributed by atoms with Crippen LogP contribution in [0.2, 0.25) is 0 Å². The maximum atomic E-state index is 12.1. The van der Waals surface area contributed by atoms with Crippen LogP contribution in [0.4, 0.5) is 5.69 Å². The number of esters is 1. The van der Waals surface area contributed by atoms with Gasteiger partial charge in [-0.3, -0.25) is 14.4 Å². The van der Waals surface area contributed by atoms with E-state index in [1.807, 2.05) is 24.3 Å². The molecule has 0 saturated heterocycles. The normalized spacial score (nSPS) is 16.8. The van der Waals surface area contributed by atoms with E-state index < -0.39 is 17.3 Å². The van der Waals surface area contributed by atoms with Crippen LogP contribution in [0.25, 0.3) is 0 Å². The maximum absolute atomic E-state index is 12.1. The Hall–Kier alpha value is -2.53. The van der Waals surface area contributed by atoms with E-state index in [0.29, 0.717) is 0 Å². The average Bonchev–Trinajstić information content (AvgIpc) is 2.59. The third kappa shape index (κ3) is 4.97. The van der Waals surface area contributed by atoms with Crippen LogP contribution in [0.3, 0.4) is 0 Å². The summed E-state index contributed by atoms with van der Waals surface area (Å²) in [6.07, 6.45) is -0.869. The Labute approximate surface area is 150 Å². The Kier molecular flexibility index (Phi) is 6.42. The number of anilines is 1. The molecule has 2 amide bonds. The van der Waals surface area contributed by atoms with Gasteiger partial charge in [-0.25, -0.2) is 0 Å². The van der Waals surface area contributed by atoms with Gasteiger partial charge in [0.2, 0.25) is 5.91 Å². The Morgan fingerprint density at radius 3 is 2.88 bits per heavy atom. The number of nitriles is 1. The highest BCUT2D eigenvalue weighted by molar-refractivity contribution is 8.01. The van der Waals surface area contributed by atoms with Gasteiger partial charge in [-0.15, -0.1) is 11.8 Å². The number of ether oxygens (including phenoxy) is 1. The zero-order valence-corrected chi connectivity index (χ0v) is 14.8. The minimum absolute atomic E-state index is 0.121. The first kappa shape index (κ1) is 18.8. The van der Waals surface area contributed by atoms with Crippen LogP contribution in [0, 0.1) is 11.3 Å². The average molecular weight is 361 g/mol. The van der Waals surface area contributed by atoms with Gasteiger partial charge in [0.25, 0.3) is 5.91 Å². The number of amides is 2. The van der Waals surface area contributed by atoms with Crippen molar-refractivity contribution in [2.24, 2.45) is 0 Å². The molecular weight excluding hydrogens is 342 g/mol. The molecule has 0 radical (unpaired) electrons. The summed E-state index contributed by atoms with van der Waals surface area (Å²) in [5.41, 5.74) is 0.727. The molecule has 1 aromatic carbocycles. The summed E-state index contributed by atoms with van der Waals surface area (Å²) in [5.74, 6) is -1.25. The molecule has 0 aliphatic carbocycles. The number of para-hydroxylation sites is 1. The van der Waals surface area contributed by atoms with Gasteiger partial charge < -0.3 is 15.0 Å². The van der Waals surface area contributed by atoms with Gasteiger partial charge in [-0.2, -0.15) is 5.26 Å². The lowest BCUT2D eigenvalue weighted by atomic mass is 10.2. The van der Waals surface area contributed by atoms with Crippen molar-refractivity contribution in [3.63, 3.8) is 0 Å². The summed E-state index contributed by atoms with van der Waals surface area (Å²) in [6, 6.07) is 9.30. The van der Waals surface area contributed by atoms with Crippen molar-refractivity contribution in [2.75, 3.05) is 18.9 Å². The van der Waals surface area contributed by atoms with E-state index in [4.69, 9.17) is 10.00 Å². The number of fused-ring (bicyclic) bond motifs is 1. The lowest BCUT2D eigenvalue weighted by molar-refractivity contribution is -0.158. The molecule has 132 valence electrons. The number of benzene rings is 1. The minimum Gasteiger partial charge on any atom is -0.452 e. The molecule has 7 nitrogen and oxygen atoms in total. The van der Waals surface area contributed by atoms with E-state index in [1.165, 1.54) is 23.6 Å². The van der Waals surface area contributed by atoms with Crippen molar-refractivity contribution in [3.05, 3.63) is 24.3 Å². The highest BCUT2D eigenvalue weighted by Crippen LogP contribution is 2.36. The molecule has 0 aromatic heterocycles. The highest BCUT2D eigenvalue weighted by Gasteiger charge is 2.30. The SMILES string of the molecule is C[C@H](OC(=O)C[C@@H]1Sc2ccccc2NC1=O)C(=O)N(C)CCC#N. The van der Waals surface area contributed by atoms with E-state index in [0.717, 1.165) is 10.6 Å². The van der Waals surface area contributed by atoms with Gasteiger partial charge in [-0.1, -0.05) is 12.1 Å². The third-order valence-electron chi connectivity index (χ3n) is 3.65. The quantitative estimate of drug-likeness (QED) is 0.776. The van der Waals surface area contributed by atoms with Crippen LogP contribution in [-0.2, 0) is 19.1 Å². The first-order valence-electron chi connectivity index (χ1n) is 7.80. The number of carbonyl (C=O) groups excluding carboxylic acids is 3. The minimum atomic E-state index is -0.958. The number of carbonyl (C=O) groups is 3. The fourth-order valence-electron chi connectivity index (χ4n) is 2.31. The number of hydrogen-bond acceptors (Lipinski definition) is 6. The van der Waals surface area contributed by atoms with E-state index >= 15 is 0 Å². The highest BCUT2D eigenvalue weighted by atomic mass is 32.2. The van der Waals surface area contributed by atoms with Crippen LogP contribution >= 0.6 is 11.8 Å². The molecule has 0 fully saturated rings. The summed E-state index contributed by atoms with van der Waals surface area (Å²) >= 11 is 1.30. The van der Waals surface area contributed by atoms with Gasteiger partial charge in [0.15, 0.2) is 6.10 Å². The molecule has 1 aromatic rings. The molecule has 0 spiro atoms. The lowest BCUT2D eigenvalue weighted by Gasteiger charge is -2.24. The topological polar surface area (TPSA) is 99.5 Å². The van der Waals surface area contributed by atoms with Crippen molar-refractivity contribution in [3.8, 4) is 6.07 Å². The number of nitrogens with one attached hydrogen (secondary N) is 1. The van der Waals surface area contributed by atoms with Crippen molar-refractivity contribution >= 4 is 35.2 Å². The van der Waals surface area contributed by atoms with Gasteiger partial charge in [0.05, 0.1) is 29.8 Å². The zero-order valence-electron chi connectivity index (χ0n) is 14.0. The molecule has 0 bridgehead atoms. The van der Waals surface area contributed by atoms with E-state index in [2.05, 4.69) is 5.32 Å². The summed E-state index contributed by atoms with van der Waals surface area (Å²) in [7, 11) is 1.55. The second-order valence-corrected chi connectivity index (χ2v) is 6.84. The van der Waals surface area contributed by atoms with Gasteiger partial charge in [0.1, 0.15) is 0 Å². The lowest BCUT2D eigenvalue weighted by Crippen LogP contribution is -2.39. The molecule has 25 heavy (non-hydrogen) atoms. The molecule has 1 heterocycles. The van der Waals surface area contributed by atoms with Gasteiger partial charge >= 0.3 is 5.97 Å². The molecule has 0 saturated carbocycles. The number of hydrogen-bond donors (Lipinski definition) is 1. The second kappa shape index (κ2) is 8.53. The van der Waals surface area contributed by atoms with Crippen LogP contribution in [-0.4, -0.2) is 47.6 Å². The molecule has 1 aliphatic rings. The van der Waals surface area contributed by atoms with Crippen LogP contribution in [0.1, 0.15) is 19.8 Å². The van der Waals surface area contributed by atoms with Crippen molar-refractivity contribution in [1.82, 2.24) is 4.90 Å². The fourth-order valence-corrected chi connectivity index (χ4v) is 3.41. The summed E-state index contributed by atoms with van der Waals surface area (Å²) < 4.78 is 5.15. The van der Waals surface area contributed by atoms with Crippen molar-refractivity contribution in [1.29, 1.82) is 5.26 Å².